The fraction of sp³-hybridized carbons (Fsp3) is 1.00. The van der Waals surface area contributed by atoms with Crippen LogP contribution in [0, 0.1) is 5.92 Å². The molecule has 7 nitrogen and oxygen atoms in total. The second-order valence-corrected chi connectivity index (χ2v) is 8.46. The summed E-state index contributed by atoms with van der Waals surface area (Å²) < 4.78 is 49.2. The number of hydrogen-bond donors (Lipinski definition) is 2. The molecule has 1 unspecified atom stereocenters. The Balaban J connectivity index is 2.54. The largest absolute Gasteiger partial charge is 0.274 e. The SMILES string of the molecule is NS(=O)(=O)NCC1CCCN(S(=O)(=O)CCCCl)C1. The molecule has 0 amide bonds. The molecule has 0 saturated carbocycles. The van der Waals surface area contributed by atoms with E-state index in [2.05, 4.69) is 4.72 Å². The summed E-state index contributed by atoms with van der Waals surface area (Å²) in [4.78, 5) is 0. The lowest BCUT2D eigenvalue weighted by Crippen LogP contribution is -2.45. The number of nitrogens with zero attached hydrogens (tertiary/aromatic N) is 1. The van der Waals surface area contributed by atoms with Crippen LogP contribution in [-0.2, 0) is 20.2 Å². The molecular weight excluding hydrogens is 314 g/mol. The highest BCUT2D eigenvalue weighted by atomic mass is 35.5. The first kappa shape index (κ1) is 17.1. The molecule has 0 radical (unpaired) electrons. The average molecular weight is 334 g/mol. The molecule has 1 aliphatic rings. The van der Waals surface area contributed by atoms with Gasteiger partial charge >= 0.3 is 0 Å². The van der Waals surface area contributed by atoms with E-state index in [1.807, 2.05) is 0 Å². The predicted octanol–water partition coefficient (Wildman–Crippen LogP) is -0.550. The van der Waals surface area contributed by atoms with Gasteiger partial charge in [0.2, 0.25) is 10.0 Å². The summed E-state index contributed by atoms with van der Waals surface area (Å²) in [5, 5.41) is 4.85. The molecule has 0 bridgehead atoms. The Morgan fingerprint density at radius 1 is 1.32 bits per heavy atom. The fourth-order valence-corrected chi connectivity index (χ4v) is 4.42. The molecule has 1 aliphatic heterocycles. The third kappa shape index (κ3) is 6.37. The van der Waals surface area contributed by atoms with Gasteiger partial charge in [-0.2, -0.15) is 8.42 Å². The van der Waals surface area contributed by atoms with Crippen molar-refractivity contribution >= 4 is 31.8 Å². The van der Waals surface area contributed by atoms with E-state index in [1.165, 1.54) is 4.31 Å². The number of alkyl halides is 1. The Hall–Kier alpha value is 0.0700. The van der Waals surface area contributed by atoms with Crippen molar-refractivity contribution in [2.24, 2.45) is 11.1 Å². The maximum Gasteiger partial charge on any atom is 0.274 e. The van der Waals surface area contributed by atoms with Crippen LogP contribution in [0.1, 0.15) is 19.3 Å². The van der Waals surface area contributed by atoms with E-state index in [1.54, 1.807) is 0 Å². The lowest BCUT2D eigenvalue weighted by Gasteiger charge is -2.31. The fourth-order valence-electron chi connectivity index (χ4n) is 2.05. The number of hydrogen-bond acceptors (Lipinski definition) is 4. The van der Waals surface area contributed by atoms with Gasteiger partial charge in [-0.25, -0.2) is 22.6 Å². The topological polar surface area (TPSA) is 110 Å². The normalized spacial score (nSPS) is 22.5. The molecule has 1 rings (SSSR count). The van der Waals surface area contributed by atoms with Gasteiger partial charge in [-0.1, -0.05) is 0 Å². The van der Waals surface area contributed by atoms with E-state index >= 15 is 0 Å². The number of piperidine rings is 1. The van der Waals surface area contributed by atoms with Gasteiger partial charge in [-0.15, -0.1) is 11.6 Å². The Morgan fingerprint density at radius 3 is 2.58 bits per heavy atom. The first-order chi connectivity index (χ1) is 8.74. The molecule has 1 saturated heterocycles. The van der Waals surface area contributed by atoms with Gasteiger partial charge in [0.25, 0.3) is 10.2 Å². The van der Waals surface area contributed by atoms with E-state index in [9.17, 15) is 16.8 Å². The van der Waals surface area contributed by atoms with Gasteiger partial charge in [0.05, 0.1) is 5.75 Å². The van der Waals surface area contributed by atoms with Crippen LogP contribution in [0.2, 0.25) is 0 Å². The van der Waals surface area contributed by atoms with E-state index in [0.29, 0.717) is 25.4 Å². The Bertz CT molecular complexity index is 480. The second-order valence-electron chi connectivity index (χ2n) is 4.62. The van der Waals surface area contributed by atoms with Crippen molar-refractivity contribution in [3.05, 3.63) is 0 Å². The second kappa shape index (κ2) is 7.19. The molecule has 3 N–H and O–H groups in total. The molecule has 0 aliphatic carbocycles. The standard InChI is InChI=1S/C9H20ClN3O4S2/c10-4-2-6-18(14,15)13-5-1-3-9(8-13)7-12-19(11,16)17/h9,12H,1-8H2,(H2,11,16,17). The zero-order valence-corrected chi connectivity index (χ0v) is 13.0. The van der Waals surface area contributed by atoms with Gasteiger partial charge in [-0.05, 0) is 25.2 Å². The highest BCUT2D eigenvalue weighted by molar-refractivity contribution is 7.89. The summed E-state index contributed by atoms with van der Waals surface area (Å²) in [5.74, 6) is 0.299. The van der Waals surface area contributed by atoms with Crippen LogP contribution in [0.15, 0.2) is 0 Å². The molecule has 1 heterocycles. The molecule has 1 atom stereocenters. The van der Waals surface area contributed by atoms with Crippen LogP contribution < -0.4 is 9.86 Å². The van der Waals surface area contributed by atoms with E-state index < -0.39 is 20.2 Å². The third-order valence-electron chi connectivity index (χ3n) is 2.98. The zero-order valence-electron chi connectivity index (χ0n) is 10.6. The van der Waals surface area contributed by atoms with Gasteiger partial charge in [0.15, 0.2) is 0 Å². The van der Waals surface area contributed by atoms with Gasteiger partial charge in [0.1, 0.15) is 0 Å². The summed E-state index contributed by atoms with van der Waals surface area (Å²) in [6.45, 7) is 0.976. The Morgan fingerprint density at radius 2 is 2.00 bits per heavy atom. The average Bonchev–Trinajstić information content (AvgIpc) is 2.33. The third-order valence-corrected chi connectivity index (χ3v) is 5.74. The minimum absolute atomic E-state index is 0.0336. The van der Waals surface area contributed by atoms with Crippen LogP contribution in [0.5, 0.6) is 0 Å². The number of sulfonamides is 1. The number of nitrogens with two attached hydrogens (primary N) is 1. The van der Waals surface area contributed by atoms with E-state index in [0.717, 1.165) is 12.8 Å². The molecule has 19 heavy (non-hydrogen) atoms. The molecule has 114 valence electrons. The van der Waals surface area contributed by atoms with Gasteiger partial charge in [0, 0.05) is 25.5 Å². The summed E-state index contributed by atoms with van der Waals surface area (Å²) in [6.07, 6.45) is 1.92. The molecule has 0 aromatic rings. The van der Waals surface area contributed by atoms with Crippen LogP contribution >= 0.6 is 11.6 Å². The minimum atomic E-state index is -3.73. The van der Waals surface area contributed by atoms with Gasteiger partial charge in [-0.3, -0.25) is 0 Å². The van der Waals surface area contributed by atoms with Gasteiger partial charge < -0.3 is 0 Å². The van der Waals surface area contributed by atoms with E-state index in [-0.39, 0.29) is 18.2 Å². The molecule has 1 fully saturated rings. The lowest BCUT2D eigenvalue weighted by molar-refractivity contribution is 0.267. The molecule has 0 aromatic heterocycles. The molecular formula is C9H20ClN3O4S2. The molecule has 0 spiro atoms. The highest BCUT2D eigenvalue weighted by Crippen LogP contribution is 2.19. The van der Waals surface area contributed by atoms with Crippen molar-refractivity contribution in [2.75, 3.05) is 31.3 Å². The first-order valence-corrected chi connectivity index (χ1v) is 9.75. The van der Waals surface area contributed by atoms with Crippen molar-refractivity contribution in [2.45, 2.75) is 19.3 Å². The van der Waals surface area contributed by atoms with Crippen molar-refractivity contribution in [1.82, 2.24) is 9.03 Å². The highest BCUT2D eigenvalue weighted by Gasteiger charge is 2.28. The minimum Gasteiger partial charge on any atom is -0.216 e. The Labute approximate surface area is 119 Å². The zero-order chi connectivity index (χ0) is 14.5. The van der Waals surface area contributed by atoms with Crippen molar-refractivity contribution in [3.63, 3.8) is 0 Å². The summed E-state index contributed by atoms with van der Waals surface area (Å²) >= 11 is 5.50. The first-order valence-electron chi connectivity index (χ1n) is 6.06. The summed E-state index contributed by atoms with van der Waals surface area (Å²) in [6, 6.07) is 0. The molecule has 0 aromatic carbocycles. The number of rotatable bonds is 7. The van der Waals surface area contributed by atoms with Crippen LogP contribution in [-0.4, -0.2) is 52.4 Å². The van der Waals surface area contributed by atoms with E-state index in [4.69, 9.17) is 16.7 Å². The number of halogens is 1. The Kier molecular flexibility index (Phi) is 6.48. The van der Waals surface area contributed by atoms with Crippen molar-refractivity contribution in [1.29, 1.82) is 0 Å². The van der Waals surface area contributed by atoms with Crippen LogP contribution in [0.3, 0.4) is 0 Å². The maximum absolute atomic E-state index is 12.0. The summed E-state index contributed by atoms with van der Waals surface area (Å²) in [5.41, 5.74) is 0. The maximum atomic E-state index is 12.0. The number of nitrogens with one attached hydrogen (secondary N) is 1. The predicted molar refractivity (Wildman–Crippen MR) is 74.5 cm³/mol. The summed E-state index contributed by atoms with van der Waals surface area (Å²) in [7, 11) is -7.02. The van der Waals surface area contributed by atoms with Crippen molar-refractivity contribution in [3.8, 4) is 0 Å². The smallest absolute Gasteiger partial charge is 0.216 e. The lowest BCUT2D eigenvalue weighted by atomic mass is 10.0. The molecule has 10 heteroatoms. The van der Waals surface area contributed by atoms with Crippen LogP contribution in [0.4, 0.5) is 0 Å². The van der Waals surface area contributed by atoms with Crippen molar-refractivity contribution < 1.29 is 16.8 Å². The van der Waals surface area contributed by atoms with Crippen LogP contribution in [0.25, 0.3) is 0 Å². The monoisotopic (exact) mass is 333 g/mol. The quantitative estimate of drug-likeness (QED) is 0.609.